The summed E-state index contributed by atoms with van der Waals surface area (Å²) in [5.74, 6) is -0.561. The van der Waals surface area contributed by atoms with Crippen LogP contribution in [-0.2, 0) is 17.9 Å². The Morgan fingerprint density at radius 1 is 1.10 bits per heavy atom. The number of amides is 1. The first-order valence-corrected chi connectivity index (χ1v) is 9.03. The monoisotopic (exact) mass is 392 g/mol. The molecule has 0 fully saturated rings. The van der Waals surface area contributed by atoms with Crippen LogP contribution in [0, 0.1) is 5.82 Å². The first-order chi connectivity index (χ1) is 14.1. The summed E-state index contributed by atoms with van der Waals surface area (Å²) >= 11 is 0. The largest absolute Gasteiger partial charge is 0.352 e. The second-order valence-corrected chi connectivity index (χ2v) is 6.47. The number of carbonyl (C=O) groups is 1. The highest BCUT2D eigenvalue weighted by atomic mass is 19.1. The van der Waals surface area contributed by atoms with Crippen LogP contribution in [0.25, 0.3) is 22.4 Å². The Morgan fingerprint density at radius 2 is 1.86 bits per heavy atom. The maximum absolute atomic E-state index is 12.9. The molecule has 1 N–H and O–H groups in total. The number of benzene rings is 2. The van der Waals surface area contributed by atoms with Crippen molar-refractivity contribution in [3.63, 3.8) is 0 Å². The first-order valence-electron chi connectivity index (χ1n) is 9.03. The standard InChI is InChI=1S/C21H17FN4O3/c22-16-8-6-14(7-9-16)12-23-17(27)10-11-26-13-24-19-18(15-4-2-1-3-5-15)25-29-20(19)21(26)28/h1-9,13H,10-12H2,(H,23,27). The Balaban J connectivity index is 1.43. The minimum atomic E-state index is -0.393. The predicted octanol–water partition coefficient (Wildman–Crippen LogP) is 2.90. The molecule has 8 heteroatoms. The van der Waals surface area contributed by atoms with Crippen molar-refractivity contribution >= 4 is 17.0 Å². The van der Waals surface area contributed by atoms with Crippen LogP contribution >= 0.6 is 0 Å². The lowest BCUT2D eigenvalue weighted by molar-refractivity contribution is -0.121. The topological polar surface area (TPSA) is 90.0 Å². The highest BCUT2D eigenvalue weighted by Crippen LogP contribution is 2.23. The third-order valence-corrected chi connectivity index (χ3v) is 4.48. The molecule has 4 rings (SSSR count). The molecule has 2 heterocycles. The van der Waals surface area contributed by atoms with E-state index in [1.807, 2.05) is 30.3 Å². The Hall–Kier alpha value is -3.81. The van der Waals surface area contributed by atoms with Crippen molar-refractivity contribution < 1.29 is 13.7 Å². The van der Waals surface area contributed by atoms with E-state index in [1.54, 1.807) is 12.1 Å². The summed E-state index contributed by atoms with van der Waals surface area (Å²) < 4.78 is 19.4. The molecule has 0 aliphatic heterocycles. The van der Waals surface area contributed by atoms with Crippen LogP contribution in [0.2, 0.25) is 0 Å². The third kappa shape index (κ3) is 4.06. The van der Waals surface area contributed by atoms with E-state index >= 15 is 0 Å². The van der Waals surface area contributed by atoms with Gasteiger partial charge < -0.3 is 9.84 Å². The molecule has 29 heavy (non-hydrogen) atoms. The van der Waals surface area contributed by atoms with Gasteiger partial charge in [0.2, 0.25) is 5.91 Å². The molecule has 146 valence electrons. The average Bonchev–Trinajstić information content (AvgIpc) is 3.18. The number of aryl methyl sites for hydroxylation is 1. The molecule has 0 spiro atoms. The summed E-state index contributed by atoms with van der Waals surface area (Å²) in [5, 5.41) is 6.71. The normalized spacial score (nSPS) is 10.9. The maximum atomic E-state index is 12.9. The van der Waals surface area contributed by atoms with Crippen molar-refractivity contribution in [1.82, 2.24) is 20.0 Å². The van der Waals surface area contributed by atoms with Crippen LogP contribution < -0.4 is 10.9 Å². The quantitative estimate of drug-likeness (QED) is 0.545. The first kappa shape index (κ1) is 18.5. The second-order valence-electron chi connectivity index (χ2n) is 6.47. The number of nitrogens with zero attached hydrogens (tertiary/aromatic N) is 3. The average molecular weight is 392 g/mol. The molecule has 0 saturated carbocycles. The van der Waals surface area contributed by atoms with Gasteiger partial charge in [-0.3, -0.25) is 14.2 Å². The lowest BCUT2D eigenvalue weighted by Gasteiger charge is -2.07. The van der Waals surface area contributed by atoms with Crippen molar-refractivity contribution in [3.8, 4) is 11.3 Å². The molecule has 7 nitrogen and oxygen atoms in total. The van der Waals surface area contributed by atoms with Crippen molar-refractivity contribution in [2.75, 3.05) is 0 Å². The van der Waals surface area contributed by atoms with Gasteiger partial charge in [-0.05, 0) is 17.7 Å². The summed E-state index contributed by atoms with van der Waals surface area (Å²) in [6, 6.07) is 15.2. The fourth-order valence-corrected chi connectivity index (χ4v) is 2.91. The van der Waals surface area contributed by atoms with Crippen molar-refractivity contribution in [3.05, 3.63) is 82.7 Å². The zero-order chi connectivity index (χ0) is 20.2. The Kier molecular flexibility index (Phi) is 5.15. The fourth-order valence-electron chi connectivity index (χ4n) is 2.91. The summed E-state index contributed by atoms with van der Waals surface area (Å²) in [7, 11) is 0. The number of hydrogen-bond acceptors (Lipinski definition) is 5. The number of nitrogens with one attached hydrogen (secondary N) is 1. The number of rotatable bonds is 6. The zero-order valence-corrected chi connectivity index (χ0v) is 15.3. The van der Waals surface area contributed by atoms with E-state index in [0.717, 1.165) is 11.1 Å². The van der Waals surface area contributed by atoms with Crippen LogP contribution in [0.4, 0.5) is 4.39 Å². The van der Waals surface area contributed by atoms with E-state index in [4.69, 9.17) is 4.52 Å². The van der Waals surface area contributed by atoms with E-state index in [9.17, 15) is 14.0 Å². The molecule has 0 atom stereocenters. The fraction of sp³-hybridized carbons (Fsp3) is 0.143. The molecular formula is C21H17FN4O3. The van der Waals surface area contributed by atoms with Gasteiger partial charge in [-0.25, -0.2) is 9.37 Å². The van der Waals surface area contributed by atoms with Crippen LogP contribution in [0.5, 0.6) is 0 Å². The summed E-state index contributed by atoms with van der Waals surface area (Å²) in [6.45, 7) is 0.437. The summed E-state index contributed by atoms with van der Waals surface area (Å²) in [4.78, 5) is 29.0. The molecule has 0 aliphatic rings. The minimum Gasteiger partial charge on any atom is -0.352 e. The predicted molar refractivity (Wildman–Crippen MR) is 104 cm³/mol. The Bertz CT molecular complexity index is 1200. The number of carbonyl (C=O) groups excluding carboxylic acids is 1. The van der Waals surface area contributed by atoms with Gasteiger partial charge in [-0.1, -0.05) is 47.6 Å². The lowest BCUT2D eigenvalue weighted by atomic mass is 10.1. The van der Waals surface area contributed by atoms with Gasteiger partial charge in [0.15, 0.2) is 0 Å². The SMILES string of the molecule is O=C(CCn1cnc2c(-c3ccccc3)noc2c1=O)NCc1ccc(F)cc1. The van der Waals surface area contributed by atoms with Gasteiger partial charge in [0.05, 0.1) is 6.33 Å². The van der Waals surface area contributed by atoms with E-state index in [0.29, 0.717) is 11.2 Å². The van der Waals surface area contributed by atoms with Crippen molar-refractivity contribution in [2.45, 2.75) is 19.5 Å². The maximum Gasteiger partial charge on any atom is 0.299 e. The molecule has 0 radical (unpaired) electrons. The molecule has 4 aromatic rings. The van der Waals surface area contributed by atoms with Crippen LogP contribution in [-0.4, -0.2) is 20.6 Å². The van der Waals surface area contributed by atoms with Gasteiger partial charge in [0.1, 0.15) is 17.0 Å². The van der Waals surface area contributed by atoms with Crippen molar-refractivity contribution in [1.29, 1.82) is 0 Å². The van der Waals surface area contributed by atoms with Gasteiger partial charge in [-0.15, -0.1) is 0 Å². The van der Waals surface area contributed by atoms with Crippen LogP contribution in [0.1, 0.15) is 12.0 Å². The third-order valence-electron chi connectivity index (χ3n) is 4.48. The second kappa shape index (κ2) is 8.05. The Morgan fingerprint density at radius 3 is 2.62 bits per heavy atom. The van der Waals surface area contributed by atoms with E-state index in [1.165, 1.54) is 23.0 Å². The number of halogens is 1. The molecule has 0 aliphatic carbocycles. The van der Waals surface area contributed by atoms with Gasteiger partial charge >= 0.3 is 0 Å². The summed E-state index contributed by atoms with van der Waals surface area (Å²) in [5.41, 5.74) is 2.14. The van der Waals surface area contributed by atoms with E-state index < -0.39 is 5.56 Å². The molecule has 0 saturated heterocycles. The van der Waals surface area contributed by atoms with E-state index in [-0.39, 0.29) is 36.8 Å². The Labute approximate surface area is 164 Å². The van der Waals surface area contributed by atoms with Gasteiger partial charge in [-0.2, -0.15) is 0 Å². The van der Waals surface area contributed by atoms with Gasteiger partial charge in [0.25, 0.3) is 11.1 Å². The molecule has 2 aromatic carbocycles. The van der Waals surface area contributed by atoms with Gasteiger partial charge in [0, 0.05) is 25.1 Å². The van der Waals surface area contributed by atoms with E-state index in [2.05, 4.69) is 15.5 Å². The number of hydrogen-bond donors (Lipinski definition) is 1. The number of fused-ring (bicyclic) bond motifs is 1. The van der Waals surface area contributed by atoms with Crippen molar-refractivity contribution in [2.24, 2.45) is 0 Å². The molecule has 0 unspecified atom stereocenters. The number of aromatic nitrogens is 3. The van der Waals surface area contributed by atoms with Crippen LogP contribution in [0.3, 0.4) is 0 Å². The minimum absolute atomic E-state index is 0.0538. The highest BCUT2D eigenvalue weighted by molar-refractivity contribution is 5.87. The highest BCUT2D eigenvalue weighted by Gasteiger charge is 2.16. The molecular weight excluding hydrogens is 375 g/mol. The zero-order valence-electron chi connectivity index (χ0n) is 15.3. The molecule has 1 amide bonds. The molecule has 2 aromatic heterocycles. The smallest absolute Gasteiger partial charge is 0.299 e. The molecule has 0 bridgehead atoms. The van der Waals surface area contributed by atoms with Crippen LogP contribution in [0.15, 0.2) is 70.2 Å². The summed E-state index contributed by atoms with van der Waals surface area (Å²) in [6.07, 6.45) is 1.48. The lowest BCUT2D eigenvalue weighted by Crippen LogP contribution is -2.27.